The largest absolute Gasteiger partial charge is 0.344 e. The third kappa shape index (κ3) is 1.51. The second-order valence-corrected chi connectivity index (χ2v) is 4.47. The lowest BCUT2D eigenvalue weighted by molar-refractivity contribution is 0.818. The van der Waals surface area contributed by atoms with Crippen molar-refractivity contribution in [1.29, 1.82) is 5.26 Å². The highest BCUT2D eigenvalue weighted by Gasteiger charge is 2.48. The molecule has 1 saturated carbocycles. The zero-order chi connectivity index (χ0) is 11.9. The van der Waals surface area contributed by atoms with Crippen LogP contribution in [0.25, 0.3) is 11.4 Å². The summed E-state index contributed by atoms with van der Waals surface area (Å²) in [7, 11) is 0. The van der Waals surface area contributed by atoms with Crippen LogP contribution in [0.1, 0.15) is 24.4 Å². The summed E-state index contributed by atoms with van der Waals surface area (Å²) in [5.74, 6) is 0.790. The fraction of sp³-hybridized carbons (Fsp3) is 0.308. The van der Waals surface area contributed by atoms with Crippen molar-refractivity contribution in [3.8, 4) is 17.5 Å². The first-order chi connectivity index (χ1) is 8.25. The summed E-state index contributed by atoms with van der Waals surface area (Å²) in [5, 5.41) is 9.16. The molecule has 2 aromatic heterocycles. The Hall–Kier alpha value is -2.15. The molecule has 3 rings (SSSR count). The molecule has 1 aliphatic rings. The van der Waals surface area contributed by atoms with E-state index >= 15 is 0 Å². The molecule has 4 heteroatoms. The Morgan fingerprint density at radius 2 is 2.24 bits per heavy atom. The Kier molecular flexibility index (Phi) is 2.02. The fourth-order valence-electron chi connectivity index (χ4n) is 1.97. The highest BCUT2D eigenvalue weighted by molar-refractivity contribution is 5.58. The molecular weight excluding hydrogens is 212 g/mol. The van der Waals surface area contributed by atoms with Crippen LogP contribution < -0.4 is 0 Å². The fourth-order valence-corrected chi connectivity index (χ4v) is 1.97. The molecule has 1 N–H and O–H groups in total. The van der Waals surface area contributed by atoms with Crippen LogP contribution in [-0.4, -0.2) is 15.0 Å². The highest BCUT2D eigenvalue weighted by Crippen LogP contribution is 2.46. The molecule has 0 bridgehead atoms. The van der Waals surface area contributed by atoms with E-state index in [1.807, 2.05) is 25.1 Å². The maximum atomic E-state index is 9.16. The van der Waals surface area contributed by atoms with E-state index in [-0.39, 0.29) is 5.41 Å². The van der Waals surface area contributed by atoms with Crippen molar-refractivity contribution in [2.24, 2.45) is 0 Å². The Bertz CT molecular complexity index is 588. The lowest BCUT2D eigenvalue weighted by atomic mass is 10.1. The normalized spacial score (nSPS) is 16.5. The number of pyridine rings is 1. The number of hydrogen-bond acceptors (Lipinski definition) is 3. The van der Waals surface area contributed by atoms with Crippen LogP contribution in [0, 0.1) is 18.3 Å². The number of nitriles is 1. The molecule has 2 aromatic rings. The van der Waals surface area contributed by atoms with Gasteiger partial charge in [-0.25, -0.2) is 4.98 Å². The first-order valence-electron chi connectivity index (χ1n) is 5.65. The molecular formula is C13H12N4. The molecule has 0 aromatic carbocycles. The molecule has 0 saturated heterocycles. The minimum Gasteiger partial charge on any atom is -0.344 e. The monoisotopic (exact) mass is 224 g/mol. The summed E-state index contributed by atoms with van der Waals surface area (Å²) in [6.45, 7) is 1.97. The minimum absolute atomic E-state index is 0.363. The van der Waals surface area contributed by atoms with E-state index in [1.165, 1.54) is 0 Å². The lowest BCUT2D eigenvalue weighted by Crippen LogP contribution is -2.04. The van der Waals surface area contributed by atoms with Gasteiger partial charge in [-0.05, 0) is 31.9 Å². The number of H-pyrrole nitrogens is 1. The smallest absolute Gasteiger partial charge is 0.127 e. The Morgan fingerprint density at radius 1 is 1.41 bits per heavy atom. The van der Waals surface area contributed by atoms with E-state index in [0.717, 1.165) is 35.7 Å². The molecule has 0 spiro atoms. The summed E-state index contributed by atoms with van der Waals surface area (Å²) in [6, 6.07) is 8.09. The maximum Gasteiger partial charge on any atom is 0.127 e. The topological polar surface area (TPSA) is 65.4 Å². The Morgan fingerprint density at radius 3 is 2.82 bits per heavy atom. The van der Waals surface area contributed by atoms with Crippen molar-refractivity contribution in [2.45, 2.75) is 25.2 Å². The molecule has 17 heavy (non-hydrogen) atoms. The quantitative estimate of drug-likeness (QED) is 0.851. The van der Waals surface area contributed by atoms with Crippen LogP contribution >= 0.6 is 0 Å². The predicted octanol–water partition coefficient (Wildman–Crippen LogP) is 2.34. The lowest BCUT2D eigenvalue weighted by Gasteiger charge is -1.98. The number of nitrogens with zero attached hydrogens (tertiary/aromatic N) is 3. The van der Waals surface area contributed by atoms with Crippen molar-refractivity contribution >= 4 is 0 Å². The minimum atomic E-state index is -0.363. The summed E-state index contributed by atoms with van der Waals surface area (Å²) in [5.41, 5.74) is 2.31. The van der Waals surface area contributed by atoms with E-state index in [1.54, 1.807) is 6.20 Å². The van der Waals surface area contributed by atoms with Crippen LogP contribution in [0.5, 0.6) is 0 Å². The van der Waals surface area contributed by atoms with Gasteiger partial charge in [-0.2, -0.15) is 5.26 Å². The van der Waals surface area contributed by atoms with Crippen LogP contribution in [-0.2, 0) is 5.41 Å². The second-order valence-electron chi connectivity index (χ2n) is 4.47. The third-order valence-electron chi connectivity index (χ3n) is 3.21. The summed E-state index contributed by atoms with van der Waals surface area (Å²) in [4.78, 5) is 12.1. The zero-order valence-corrected chi connectivity index (χ0v) is 9.57. The first-order valence-corrected chi connectivity index (χ1v) is 5.65. The van der Waals surface area contributed by atoms with Crippen LogP contribution in [0.3, 0.4) is 0 Å². The van der Waals surface area contributed by atoms with E-state index in [9.17, 15) is 0 Å². The molecule has 0 radical (unpaired) electrons. The molecule has 0 amide bonds. The van der Waals surface area contributed by atoms with E-state index < -0.39 is 0 Å². The van der Waals surface area contributed by atoms with E-state index in [2.05, 4.69) is 21.0 Å². The second kappa shape index (κ2) is 3.42. The van der Waals surface area contributed by atoms with Gasteiger partial charge in [-0.15, -0.1) is 0 Å². The Balaban J connectivity index is 2.06. The Labute approximate surface area is 99.3 Å². The molecule has 0 atom stereocenters. The van der Waals surface area contributed by atoms with E-state index in [4.69, 9.17) is 5.26 Å². The van der Waals surface area contributed by atoms with Crippen molar-refractivity contribution in [1.82, 2.24) is 15.0 Å². The van der Waals surface area contributed by atoms with E-state index in [0.29, 0.717) is 0 Å². The zero-order valence-electron chi connectivity index (χ0n) is 9.57. The maximum absolute atomic E-state index is 9.16. The van der Waals surface area contributed by atoms with Crippen LogP contribution in [0.4, 0.5) is 0 Å². The summed E-state index contributed by atoms with van der Waals surface area (Å²) >= 11 is 0. The van der Waals surface area contributed by atoms with Gasteiger partial charge in [-0.1, -0.05) is 6.07 Å². The first kappa shape index (κ1) is 10.0. The summed E-state index contributed by atoms with van der Waals surface area (Å²) in [6.07, 6.45) is 3.55. The van der Waals surface area contributed by atoms with Gasteiger partial charge in [-0.3, -0.25) is 4.98 Å². The van der Waals surface area contributed by atoms with Crippen LogP contribution in [0.2, 0.25) is 0 Å². The van der Waals surface area contributed by atoms with Crippen molar-refractivity contribution in [3.63, 3.8) is 0 Å². The third-order valence-corrected chi connectivity index (χ3v) is 3.21. The summed E-state index contributed by atoms with van der Waals surface area (Å²) < 4.78 is 0. The molecule has 1 aliphatic carbocycles. The van der Waals surface area contributed by atoms with Crippen molar-refractivity contribution < 1.29 is 0 Å². The number of imidazole rings is 1. The number of rotatable bonds is 2. The van der Waals surface area contributed by atoms with Crippen molar-refractivity contribution in [3.05, 3.63) is 35.9 Å². The van der Waals surface area contributed by atoms with Crippen LogP contribution in [0.15, 0.2) is 24.4 Å². The van der Waals surface area contributed by atoms with Gasteiger partial charge in [0, 0.05) is 11.9 Å². The molecule has 84 valence electrons. The SMILES string of the molecule is Cc1[nH]c(C2(C#N)CC2)nc1-c1ccccn1. The molecule has 1 fully saturated rings. The number of aromatic nitrogens is 3. The molecule has 0 aliphatic heterocycles. The van der Waals surface area contributed by atoms with Gasteiger partial charge in [0.1, 0.15) is 16.9 Å². The van der Waals surface area contributed by atoms with Gasteiger partial charge in [0.2, 0.25) is 0 Å². The number of nitrogens with one attached hydrogen (secondary N) is 1. The van der Waals surface area contributed by atoms with Gasteiger partial charge in [0.25, 0.3) is 0 Å². The van der Waals surface area contributed by atoms with Gasteiger partial charge >= 0.3 is 0 Å². The number of hydrogen-bond donors (Lipinski definition) is 1. The predicted molar refractivity (Wildman–Crippen MR) is 63.1 cm³/mol. The number of aryl methyl sites for hydroxylation is 1. The van der Waals surface area contributed by atoms with Gasteiger partial charge in [0.05, 0.1) is 11.8 Å². The average molecular weight is 224 g/mol. The van der Waals surface area contributed by atoms with Gasteiger partial charge in [0.15, 0.2) is 0 Å². The molecule has 4 nitrogen and oxygen atoms in total. The standard InChI is InChI=1S/C13H12N4/c1-9-11(10-4-2-3-7-15-10)17-12(16-9)13(8-14)5-6-13/h2-4,7H,5-6H2,1H3,(H,16,17). The number of aromatic amines is 1. The highest BCUT2D eigenvalue weighted by atomic mass is 15.0. The van der Waals surface area contributed by atoms with Crippen molar-refractivity contribution in [2.75, 3.05) is 0 Å². The average Bonchev–Trinajstić information content (AvgIpc) is 3.08. The van der Waals surface area contributed by atoms with Gasteiger partial charge < -0.3 is 4.98 Å². The molecule has 2 heterocycles. The molecule has 0 unspecified atom stereocenters.